The minimum absolute atomic E-state index is 0.0264. The maximum atomic E-state index is 13.4. The van der Waals surface area contributed by atoms with Crippen LogP contribution in [0.25, 0.3) is 16.6 Å². The van der Waals surface area contributed by atoms with Crippen molar-refractivity contribution in [3.63, 3.8) is 0 Å². The molecule has 0 aliphatic rings. The summed E-state index contributed by atoms with van der Waals surface area (Å²) < 4.78 is 20.1. The van der Waals surface area contributed by atoms with Gasteiger partial charge >= 0.3 is 5.97 Å². The van der Waals surface area contributed by atoms with Crippen LogP contribution in [0, 0.1) is 12.7 Å². The fourth-order valence-electron chi connectivity index (χ4n) is 3.22. The average molecular weight is 466 g/mol. The van der Waals surface area contributed by atoms with Gasteiger partial charge in [-0.3, -0.25) is 4.79 Å². The summed E-state index contributed by atoms with van der Waals surface area (Å²) in [5.41, 5.74) is 2.69. The van der Waals surface area contributed by atoms with Crippen molar-refractivity contribution in [2.24, 2.45) is 0 Å². The maximum Gasteiger partial charge on any atom is 0.340 e. The van der Waals surface area contributed by atoms with Gasteiger partial charge in [0.05, 0.1) is 41.2 Å². The number of nitrogens with zero attached hydrogens (tertiary/aromatic N) is 4. The van der Waals surface area contributed by atoms with Gasteiger partial charge in [0.1, 0.15) is 16.4 Å². The number of thioether (sulfide) groups is 1. The molecule has 4 rings (SSSR count). The van der Waals surface area contributed by atoms with Gasteiger partial charge in [-0.05, 0) is 50.2 Å². The molecule has 10 heteroatoms. The number of anilines is 1. The van der Waals surface area contributed by atoms with Crippen LogP contribution in [0.5, 0.6) is 0 Å². The Morgan fingerprint density at radius 2 is 1.88 bits per heavy atom. The lowest BCUT2D eigenvalue weighted by atomic mass is 10.2. The van der Waals surface area contributed by atoms with E-state index in [0.29, 0.717) is 27.6 Å². The molecule has 0 unspecified atom stereocenters. The van der Waals surface area contributed by atoms with Crippen LogP contribution in [-0.4, -0.2) is 44.2 Å². The first kappa shape index (κ1) is 22.4. The van der Waals surface area contributed by atoms with Crippen LogP contribution < -0.4 is 5.32 Å². The molecule has 1 amide bonds. The zero-order valence-corrected chi connectivity index (χ0v) is 18.7. The van der Waals surface area contributed by atoms with Crippen molar-refractivity contribution < 1.29 is 18.7 Å². The predicted molar refractivity (Wildman–Crippen MR) is 123 cm³/mol. The van der Waals surface area contributed by atoms with Crippen molar-refractivity contribution in [2.45, 2.75) is 18.9 Å². The topological polar surface area (TPSA) is 99.0 Å². The Morgan fingerprint density at radius 1 is 1.12 bits per heavy atom. The number of aromatic nitrogens is 4. The van der Waals surface area contributed by atoms with Gasteiger partial charge in [-0.1, -0.05) is 23.9 Å². The van der Waals surface area contributed by atoms with E-state index in [4.69, 9.17) is 4.74 Å². The Bertz CT molecular complexity index is 1320. The molecule has 0 fully saturated rings. The Hall–Kier alpha value is -3.79. The van der Waals surface area contributed by atoms with Crippen molar-refractivity contribution in [1.82, 2.24) is 20.0 Å². The van der Waals surface area contributed by atoms with Gasteiger partial charge in [-0.15, -0.1) is 5.10 Å². The molecule has 0 spiro atoms. The highest BCUT2D eigenvalue weighted by atomic mass is 32.2. The Balaban J connectivity index is 1.56. The highest BCUT2D eigenvalue weighted by molar-refractivity contribution is 8.00. The van der Waals surface area contributed by atoms with Gasteiger partial charge in [0.25, 0.3) is 0 Å². The minimum Gasteiger partial charge on any atom is -0.462 e. The summed E-state index contributed by atoms with van der Waals surface area (Å²) in [5.74, 6) is -1.14. The molecule has 8 nitrogen and oxygen atoms in total. The number of halogens is 1. The van der Waals surface area contributed by atoms with Crippen LogP contribution in [0.3, 0.4) is 0 Å². The molecular formula is C23H20FN5O3S. The van der Waals surface area contributed by atoms with Gasteiger partial charge in [-0.2, -0.15) is 10.2 Å². The van der Waals surface area contributed by atoms with E-state index in [-0.39, 0.29) is 29.6 Å². The van der Waals surface area contributed by atoms with Gasteiger partial charge in [0.2, 0.25) is 5.91 Å². The molecule has 0 aliphatic heterocycles. The van der Waals surface area contributed by atoms with E-state index in [1.807, 2.05) is 6.92 Å². The van der Waals surface area contributed by atoms with Crippen LogP contribution in [0.2, 0.25) is 0 Å². The number of benzene rings is 2. The summed E-state index contributed by atoms with van der Waals surface area (Å²) in [6.45, 7) is 3.77. The van der Waals surface area contributed by atoms with Crippen LogP contribution in [0.4, 0.5) is 10.1 Å². The third-order valence-electron chi connectivity index (χ3n) is 4.76. The van der Waals surface area contributed by atoms with Gasteiger partial charge in [-0.25, -0.2) is 13.9 Å². The molecule has 2 aromatic heterocycles. The van der Waals surface area contributed by atoms with Crippen LogP contribution >= 0.6 is 11.8 Å². The molecule has 0 radical (unpaired) electrons. The second kappa shape index (κ2) is 9.78. The first-order chi connectivity index (χ1) is 16.0. The second-order valence-corrected chi connectivity index (χ2v) is 7.95. The lowest BCUT2D eigenvalue weighted by molar-refractivity contribution is -0.113. The van der Waals surface area contributed by atoms with E-state index in [0.717, 1.165) is 5.39 Å². The standard InChI is InChI=1S/C23H20FN5O3S/c1-3-32-23(31)17-6-4-5-7-19(17)26-20(30)13-33-22-21-18(14(2)27-28-22)12-25-29(21)16-10-8-15(24)9-11-16/h4-12H,3,13H2,1-2H3,(H,26,30). The summed E-state index contributed by atoms with van der Waals surface area (Å²) in [5, 5.41) is 16.9. The number of carbonyl (C=O) groups is 2. The van der Waals surface area contributed by atoms with Crippen molar-refractivity contribution in [1.29, 1.82) is 0 Å². The molecule has 0 aliphatic carbocycles. The molecule has 0 saturated heterocycles. The normalized spacial score (nSPS) is 10.9. The first-order valence-electron chi connectivity index (χ1n) is 10.1. The lowest BCUT2D eigenvalue weighted by Crippen LogP contribution is -2.17. The van der Waals surface area contributed by atoms with Crippen molar-refractivity contribution in [3.05, 3.63) is 71.8 Å². The summed E-state index contributed by atoms with van der Waals surface area (Å²) in [7, 11) is 0. The molecule has 4 aromatic rings. The third-order valence-corrected chi connectivity index (χ3v) is 5.72. The van der Waals surface area contributed by atoms with E-state index in [1.165, 1.54) is 23.9 Å². The third kappa shape index (κ3) is 4.85. The van der Waals surface area contributed by atoms with E-state index in [1.54, 1.807) is 54.2 Å². The fraction of sp³-hybridized carbons (Fsp3) is 0.174. The van der Waals surface area contributed by atoms with Crippen molar-refractivity contribution in [3.8, 4) is 5.69 Å². The fourth-order valence-corrected chi connectivity index (χ4v) is 3.99. The van der Waals surface area contributed by atoms with Gasteiger partial charge in [0.15, 0.2) is 0 Å². The molecular weight excluding hydrogens is 445 g/mol. The maximum absolute atomic E-state index is 13.4. The summed E-state index contributed by atoms with van der Waals surface area (Å²) in [4.78, 5) is 24.8. The molecule has 168 valence electrons. The molecule has 0 bridgehead atoms. The van der Waals surface area contributed by atoms with Crippen LogP contribution in [0.1, 0.15) is 23.0 Å². The number of aryl methyl sites for hydroxylation is 1. The number of nitrogens with one attached hydrogen (secondary N) is 1. The highest BCUT2D eigenvalue weighted by Gasteiger charge is 2.18. The van der Waals surface area contributed by atoms with Gasteiger partial charge in [0, 0.05) is 5.39 Å². The molecule has 2 heterocycles. The predicted octanol–water partition coefficient (Wildman–Crippen LogP) is 4.17. The monoisotopic (exact) mass is 465 g/mol. The SMILES string of the molecule is CCOC(=O)c1ccccc1NC(=O)CSc1nnc(C)c2cnn(-c3ccc(F)cc3)c12. The number of ether oxygens (including phenoxy) is 1. The van der Waals surface area contributed by atoms with Gasteiger partial charge < -0.3 is 10.1 Å². The quantitative estimate of drug-likeness (QED) is 0.323. The van der Waals surface area contributed by atoms with E-state index < -0.39 is 5.97 Å². The summed E-state index contributed by atoms with van der Waals surface area (Å²) in [6.07, 6.45) is 1.67. The molecule has 0 atom stereocenters. The van der Waals surface area contributed by atoms with Crippen molar-refractivity contribution >= 4 is 40.2 Å². The number of esters is 1. The summed E-state index contributed by atoms with van der Waals surface area (Å²) in [6, 6.07) is 12.6. The largest absolute Gasteiger partial charge is 0.462 e. The lowest BCUT2D eigenvalue weighted by Gasteiger charge is -2.11. The highest BCUT2D eigenvalue weighted by Crippen LogP contribution is 2.29. The molecule has 2 aromatic carbocycles. The number of fused-ring (bicyclic) bond motifs is 1. The minimum atomic E-state index is -0.504. The van der Waals surface area contributed by atoms with Crippen LogP contribution in [-0.2, 0) is 9.53 Å². The van der Waals surface area contributed by atoms with Crippen molar-refractivity contribution in [2.75, 3.05) is 17.7 Å². The van der Waals surface area contributed by atoms with E-state index >= 15 is 0 Å². The molecule has 33 heavy (non-hydrogen) atoms. The number of hydrogen-bond donors (Lipinski definition) is 1. The molecule has 0 saturated carbocycles. The number of hydrogen-bond acceptors (Lipinski definition) is 7. The zero-order chi connectivity index (χ0) is 23.4. The summed E-state index contributed by atoms with van der Waals surface area (Å²) >= 11 is 1.19. The zero-order valence-electron chi connectivity index (χ0n) is 17.9. The second-order valence-electron chi connectivity index (χ2n) is 6.99. The smallest absolute Gasteiger partial charge is 0.340 e. The van der Waals surface area contributed by atoms with Crippen LogP contribution in [0.15, 0.2) is 59.8 Å². The number of para-hydroxylation sites is 1. The van der Waals surface area contributed by atoms with E-state index in [9.17, 15) is 14.0 Å². The number of carbonyl (C=O) groups excluding carboxylic acids is 2. The number of amides is 1. The average Bonchev–Trinajstić information content (AvgIpc) is 3.26. The molecule has 1 N–H and O–H groups in total. The number of rotatable bonds is 7. The van der Waals surface area contributed by atoms with E-state index in [2.05, 4.69) is 20.6 Å². The Morgan fingerprint density at radius 3 is 2.64 bits per heavy atom. The first-order valence-corrected chi connectivity index (χ1v) is 11.1. The Kier molecular flexibility index (Phi) is 6.64. The Labute approximate surface area is 193 Å².